The zero-order valence-electron chi connectivity index (χ0n) is 25.5. The van der Waals surface area contributed by atoms with Gasteiger partial charge in [-0.3, -0.25) is 14.2 Å². The molecule has 0 atom stereocenters. The quantitative estimate of drug-likeness (QED) is 0.164. The van der Waals surface area contributed by atoms with Gasteiger partial charge in [0.25, 0.3) is 5.56 Å². The molecule has 0 aliphatic carbocycles. The second kappa shape index (κ2) is 14.4. The number of carbonyl (C=O) groups is 1. The number of fused-ring (bicyclic) bond motifs is 1. The molecule has 0 bridgehead atoms. The van der Waals surface area contributed by atoms with Gasteiger partial charge in [-0.1, -0.05) is 47.5 Å². The number of hydrogen-bond acceptors (Lipinski definition) is 9. The third kappa shape index (κ3) is 7.28. The number of amides is 1. The van der Waals surface area contributed by atoms with Crippen molar-refractivity contribution >= 4 is 57.6 Å². The van der Waals surface area contributed by atoms with Gasteiger partial charge in [-0.15, -0.1) is 0 Å². The van der Waals surface area contributed by atoms with E-state index in [2.05, 4.69) is 20.6 Å². The first-order chi connectivity index (χ1) is 22.2. The fourth-order valence-electron chi connectivity index (χ4n) is 4.70. The number of nitrogens with zero attached hydrogens (tertiary/aromatic N) is 5. The number of benzene rings is 2. The van der Waals surface area contributed by atoms with Gasteiger partial charge in [-0.2, -0.15) is 4.98 Å². The summed E-state index contributed by atoms with van der Waals surface area (Å²) in [4.78, 5) is 42.3. The molecule has 11 nitrogen and oxygen atoms in total. The number of aromatic nitrogens is 4. The molecule has 5 aromatic rings. The monoisotopic (exact) mass is 659 g/mol. The Bertz CT molecular complexity index is 1950. The molecule has 3 heterocycles. The Balaban J connectivity index is 1.63. The van der Waals surface area contributed by atoms with Crippen LogP contribution >= 0.6 is 23.2 Å². The van der Waals surface area contributed by atoms with E-state index >= 15 is 0 Å². The number of carbonyl (C=O) groups excluding carboxylic acids is 1. The molecule has 2 N–H and O–H groups in total. The Labute approximate surface area is 275 Å². The Morgan fingerprint density at radius 1 is 1.00 bits per heavy atom. The molecule has 1 amide bonds. The summed E-state index contributed by atoms with van der Waals surface area (Å²) >= 11 is 13.5. The topological polar surface area (TPSA) is 124 Å². The van der Waals surface area contributed by atoms with Crippen LogP contribution < -0.4 is 25.7 Å². The van der Waals surface area contributed by atoms with Crippen LogP contribution in [0.15, 0.2) is 83.9 Å². The number of nitrogens with one attached hydrogen (secondary N) is 2. The van der Waals surface area contributed by atoms with Crippen LogP contribution in [0.4, 0.5) is 17.5 Å². The minimum atomic E-state index is -0.421. The van der Waals surface area contributed by atoms with Crippen molar-refractivity contribution in [2.75, 3.05) is 45.5 Å². The second-order valence-electron chi connectivity index (χ2n) is 10.4. The summed E-state index contributed by atoms with van der Waals surface area (Å²) in [6.07, 6.45) is 6.50. The van der Waals surface area contributed by atoms with Crippen LogP contribution in [-0.2, 0) is 11.3 Å². The zero-order valence-corrected chi connectivity index (χ0v) is 27.1. The summed E-state index contributed by atoms with van der Waals surface area (Å²) in [5, 5.41) is 6.79. The van der Waals surface area contributed by atoms with Gasteiger partial charge >= 0.3 is 0 Å². The molecule has 0 saturated carbocycles. The number of rotatable bonds is 11. The first kappa shape index (κ1) is 32.4. The average molecular weight is 661 g/mol. The minimum absolute atomic E-state index is 0.0970. The van der Waals surface area contributed by atoms with Crippen LogP contribution in [-0.4, -0.2) is 65.2 Å². The van der Waals surface area contributed by atoms with Gasteiger partial charge in [-0.25, -0.2) is 9.97 Å². The summed E-state index contributed by atoms with van der Waals surface area (Å²) in [6, 6.07) is 15.8. The van der Waals surface area contributed by atoms with E-state index in [1.165, 1.54) is 24.9 Å². The van der Waals surface area contributed by atoms with Crippen molar-refractivity contribution in [3.63, 3.8) is 0 Å². The number of methoxy groups -OCH3 is 2. The normalized spacial score (nSPS) is 11.3. The first-order valence-electron chi connectivity index (χ1n) is 14.1. The average Bonchev–Trinajstić information content (AvgIpc) is 3.04. The predicted octanol–water partition coefficient (Wildman–Crippen LogP) is 6.03. The third-order valence-corrected chi connectivity index (χ3v) is 7.60. The Morgan fingerprint density at radius 3 is 2.43 bits per heavy atom. The predicted molar refractivity (Wildman–Crippen MR) is 182 cm³/mol. The van der Waals surface area contributed by atoms with E-state index in [1.807, 2.05) is 31.1 Å². The Kier molecular flexibility index (Phi) is 10.2. The van der Waals surface area contributed by atoms with Crippen LogP contribution in [0.1, 0.15) is 5.56 Å². The van der Waals surface area contributed by atoms with Crippen LogP contribution in [0.2, 0.25) is 10.0 Å². The summed E-state index contributed by atoms with van der Waals surface area (Å²) in [5.41, 5.74) is 1.68. The van der Waals surface area contributed by atoms with E-state index in [4.69, 9.17) is 37.7 Å². The van der Waals surface area contributed by atoms with Gasteiger partial charge in [0.2, 0.25) is 11.9 Å². The maximum atomic E-state index is 14.4. The molecule has 0 aliphatic heterocycles. The van der Waals surface area contributed by atoms with E-state index in [0.29, 0.717) is 29.1 Å². The smallest absolute Gasteiger partial charge is 0.260 e. The highest BCUT2D eigenvalue weighted by Gasteiger charge is 2.23. The summed E-state index contributed by atoms with van der Waals surface area (Å²) in [7, 11) is 6.76. The Hall–Kier alpha value is -4.97. The number of likely N-dealkylation sites (N-methyl/N-ethyl adjacent to an activating group) is 1. The molecule has 2 aromatic carbocycles. The number of pyridine rings is 2. The lowest BCUT2D eigenvalue weighted by atomic mass is 10.0. The molecular weight excluding hydrogens is 629 g/mol. The van der Waals surface area contributed by atoms with Crippen LogP contribution in [0, 0.1) is 0 Å². The largest absolute Gasteiger partial charge is 0.495 e. The highest BCUT2D eigenvalue weighted by Crippen LogP contribution is 2.45. The van der Waals surface area contributed by atoms with Gasteiger partial charge in [0, 0.05) is 47.7 Å². The van der Waals surface area contributed by atoms with Gasteiger partial charge in [0.05, 0.1) is 36.4 Å². The molecule has 0 unspecified atom stereocenters. The number of anilines is 3. The molecule has 0 spiro atoms. The molecule has 0 aliphatic rings. The fourth-order valence-corrected chi connectivity index (χ4v) is 5.41. The maximum Gasteiger partial charge on any atom is 0.260 e. The molecular formula is C33H31Cl2N7O4. The molecule has 0 radical (unpaired) electrons. The lowest BCUT2D eigenvalue weighted by Crippen LogP contribution is -2.24. The van der Waals surface area contributed by atoms with E-state index in [-0.39, 0.29) is 51.1 Å². The van der Waals surface area contributed by atoms with Crippen LogP contribution in [0.3, 0.4) is 0 Å². The zero-order chi connectivity index (χ0) is 32.8. The van der Waals surface area contributed by atoms with Crippen molar-refractivity contribution in [2.24, 2.45) is 0 Å². The highest BCUT2D eigenvalue weighted by molar-refractivity contribution is 6.41. The van der Waals surface area contributed by atoms with E-state index in [0.717, 1.165) is 5.56 Å². The molecule has 3 aromatic heterocycles. The number of halogens is 2. The van der Waals surface area contributed by atoms with Gasteiger partial charge in [0.15, 0.2) is 0 Å². The summed E-state index contributed by atoms with van der Waals surface area (Å²) < 4.78 is 12.4. The Morgan fingerprint density at radius 2 is 1.76 bits per heavy atom. The second-order valence-corrected chi connectivity index (χ2v) is 11.2. The minimum Gasteiger partial charge on any atom is -0.495 e. The van der Waals surface area contributed by atoms with E-state index in [9.17, 15) is 9.59 Å². The van der Waals surface area contributed by atoms with Crippen molar-refractivity contribution in [1.82, 2.24) is 24.4 Å². The van der Waals surface area contributed by atoms with Crippen molar-refractivity contribution in [1.29, 1.82) is 0 Å². The molecule has 5 rings (SSSR count). The number of ether oxygens (including phenoxy) is 2. The van der Waals surface area contributed by atoms with Gasteiger partial charge < -0.3 is 25.0 Å². The molecule has 0 fully saturated rings. The molecule has 0 saturated heterocycles. The van der Waals surface area contributed by atoms with Gasteiger partial charge in [0.1, 0.15) is 23.0 Å². The summed E-state index contributed by atoms with van der Waals surface area (Å²) in [5.74, 6) is 1.10. The van der Waals surface area contributed by atoms with Crippen molar-refractivity contribution in [2.45, 2.75) is 6.54 Å². The summed E-state index contributed by atoms with van der Waals surface area (Å²) in [6.45, 7) is 0.728. The van der Waals surface area contributed by atoms with Crippen molar-refractivity contribution < 1.29 is 14.3 Å². The molecule has 13 heteroatoms. The lowest BCUT2D eigenvalue weighted by Gasteiger charge is -2.17. The number of hydrogen-bond donors (Lipinski definition) is 2. The van der Waals surface area contributed by atoms with Crippen molar-refractivity contribution in [3.8, 4) is 22.6 Å². The maximum absolute atomic E-state index is 14.4. The fraction of sp³-hybridized carbons (Fsp3) is 0.182. The first-order valence-corrected chi connectivity index (χ1v) is 14.8. The van der Waals surface area contributed by atoms with Crippen LogP contribution in [0.5, 0.6) is 11.5 Å². The lowest BCUT2D eigenvalue weighted by molar-refractivity contribution is -0.111. The standard InChI is InChI=1S/C33H31Cl2N7O4/c1-41(2)14-8-12-27(43)38-22-10-7-9-20(15-22)19-42-31-21(18-37-33(40-31)39-26-11-5-6-13-36-26)16-23(32(42)44)28-29(34)24(45-3)17-25(46-4)30(28)35/h5-13,15-18H,14,19H2,1-4H3,(H,38,43)(H,36,37,39,40)/b12-8+. The van der Waals surface area contributed by atoms with Crippen molar-refractivity contribution in [3.05, 3.63) is 105 Å². The highest BCUT2D eigenvalue weighted by atomic mass is 35.5. The van der Waals surface area contributed by atoms with Gasteiger partial charge in [-0.05, 0) is 50.0 Å². The SMILES string of the molecule is COc1cc(OC)c(Cl)c(-c2cc3cnc(Nc4ccccn4)nc3n(Cc3cccc(NC(=O)/C=C/CN(C)C)c3)c2=O)c1Cl. The van der Waals surface area contributed by atoms with E-state index in [1.54, 1.807) is 60.9 Å². The third-order valence-electron chi connectivity index (χ3n) is 6.85. The van der Waals surface area contributed by atoms with E-state index < -0.39 is 5.56 Å². The van der Waals surface area contributed by atoms with Crippen LogP contribution in [0.25, 0.3) is 22.2 Å². The molecule has 236 valence electrons. The molecule has 46 heavy (non-hydrogen) atoms.